The van der Waals surface area contributed by atoms with Gasteiger partial charge in [-0.25, -0.2) is 9.97 Å². The standard InChI is InChI=1S/C19H21N5O2/c1-3-13-16(12(2)26-23-13)19(25)22-17-18(24-10-6-7-11-24)21-15-9-5-4-8-14(15)20-17/h4-5,8-9H,3,6-7,10-11H2,1-2H3,(H,20,22,25). The van der Waals surface area contributed by atoms with Gasteiger partial charge in [-0.3, -0.25) is 4.79 Å². The maximum absolute atomic E-state index is 12.9. The number of rotatable bonds is 4. The predicted octanol–water partition coefficient (Wildman–Crippen LogP) is 3.34. The molecule has 1 aromatic carbocycles. The van der Waals surface area contributed by atoms with Crippen LogP contribution in [0, 0.1) is 6.92 Å². The number of fused-ring (bicyclic) bond motifs is 1. The molecule has 0 atom stereocenters. The van der Waals surface area contributed by atoms with Gasteiger partial charge in [0.05, 0.1) is 16.7 Å². The minimum Gasteiger partial charge on any atom is -0.361 e. The summed E-state index contributed by atoms with van der Waals surface area (Å²) in [7, 11) is 0. The van der Waals surface area contributed by atoms with Crippen molar-refractivity contribution in [3.63, 3.8) is 0 Å². The Kier molecular flexibility index (Phi) is 4.28. The Bertz CT molecular complexity index is 960. The molecule has 26 heavy (non-hydrogen) atoms. The summed E-state index contributed by atoms with van der Waals surface area (Å²) in [5.74, 6) is 1.46. The largest absolute Gasteiger partial charge is 0.361 e. The Morgan fingerprint density at radius 1 is 1.19 bits per heavy atom. The molecule has 2 aromatic heterocycles. The van der Waals surface area contributed by atoms with E-state index < -0.39 is 0 Å². The van der Waals surface area contributed by atoms with E-state index >= 15 is 0 Å². The highest BCUT2D eigenvalue weighted by Gasteiger charge is 2.24. The van der Waals surface area contributed by atoms with E-state index in [4.69, 9.17) is 9.51 Å². The number of aryl methyl sites for hydroxylation is 2. The first-order valence-electron chi connectivity index (χ1n) is 8.95. The monoisotopic (exact) mass is 351 g/mol. The van der Waals surface area contributed by atoms with Crippen LogP contribution in [0.3, 0.4) is 0 Å². The van der Waals surface area contributed by atoms with E-state index in [9.17, 15) is 4.79 Å². The van der Waals surface area contributed by atoms with Crippen molar-refractivity contribution in [2.24, 2.45) is 0 Å². The van der Waals surface area contributed by atoms with Gasteiger partial charge in [-0.15, -0.1) is 0 Å². The molecule has 0 saturated carbocycles. The molecule has 0 aliphatic carbocycles. The van der Waals surface area contributed by atoms with Crippen LogP contribution < -0.4 is 10.2 Å². The highest BCUT2D eigenvalue weighted by molar-refractivity contribution is 6.06. The smallest absolute Gasteiger partial charge is 0.262 e. The number of aromatic nitrogens is 3. The average Bonchev–Trinajstić information content (AvgIpc) is 3.30. The van der Waals surface area contributed by atoms with Crippen LogP contribution in [-0.2, 0) is 6.42 Å². The normalized spacial score (nSPS) is 14.2. The summed E-state index contributed by atoms with van der Waals surface area (Å²) < 4.78 is 5.19. The molecule has 4 rings (SSSR count). The summed E-state index contributed by atoms with van der Waals surface area (Å²) in [6.07, 6.45) is 2.86. The molecule has 0 bridgehead atoms. The number of carbonyl (C=O) groups is 1. The zero-order valence-corrected chi connectivity index (χ0v) is 15.0. The summed E-state index contributed by atoms with van der Waals surface area (Å²) in [5.41, 5.74) is 2.71. The van der Waals surface area contributed by atoms with Gasteiger partial charge in [0, 0.05) is 13.1 Å². The molecular weight excluding hydrogens is 330 g/mol. The van der Waals surface area contributed by atoms with E-state index in [-0.39, 0.29) is 5.91 Å². The van der Waals surface area contributed by atoms with Crippen LogP contribution in [-0.4, -0.2) is 34.1 Å². The van der Waals surface area contributed by atoms with Gasteiger partial charge >= 0.3 is 0 Å². The van der Waals surface area contributed by atoms with E-state index in [1.165, 1.54) is 0 Å². The number of hydrogen-bond donors (Lipinski definition) is 1. The quantitative estimate of drug-likeness (QED) is 0.776. The number of para-hydroxylation sites is 2. The van der Waals surface area contributed by atoms with Crippen LogP contribution >= 0.6 is 0 Å². The predicted molar refractivity (Wildman–Crippen MR) is 99.6 cm³/mol. The van der Waals surface area contributed by atoms with Crippen molar-refractivity contribution >= 4 is 28.6 Å². The first kappa shape index (κ1) is 16.5. The molecule has 1 N–H and O–H groups in total. The van der Waals surface area contributed by atoms with Crippen LogP contribution in [0.2, 0.25) is 0 Å². The molecule has 134 valence electrons. The molecule has 0 spiro atoms. The van der Waals surface area contributed by atoms with Crippen molar-refractivity contribution < 1.29 is 9.32 Å². The van der Waals surface area contributed by atoms with Gasteiger partial charge in [-0.05, 0) is 38.3 Å². The summed E-state index contributed by atoms with van der Waals surface area (Å²) in [4.78, 5) is 24.5. The van der Waals surface area contributed by atoms with Gasteiger partial charge in [0.1, 0.15) is 11.3 Å². The fraction of sp³-hybridized carbons (Fsp3) is 0.368. The zero-order chi connectivity index (χ0) is 18.1. The molecule has 7 nitrogen and oxygen atoms in total. The van der Waals surface area contributed by atoms with Gasteiger partial charge in [0.25, 0.3) is 5.91 Å². The van der Waals surface area contributed by atoms with Gasteiger partial charge in [-0.2, -0.15) is 0 Å². The Balaban J connectivity index is 1.75. The lowest BCUT2D eigenvalue weighted by Gasteiger charge is -2.20. The minimum absolute atomic E-state index is 0.259. The van der Waals surface area contributed by atoms with Crippen LogP contribution in [0.25, 0.3) is 11.0 Å². The van der Waals surface area contributed by atoms with Crippen molar-refractivity contribution in [3.8, 4) is 0 Å². The number of amides is 1. The van der Waals surface area contributed by atoms with Crippen LogP contribution in [0.15, 0.2) is 28.8 Å². The Labute approximate surface area is 151 Å². The second-order valence-electron chi connectivity index (χ2n) is 6.45. The summed E-state index contributed by atoms with van der Waals surface area (Å²) >= 11 is 0. The van der Waals surface area contributed by atoms with Gasteiger partial charge in [0.15, 0.2) is 11.6 Å². The summed E-state index contributed by atoms with van der Waals surface area (Å²) in [6, 6.07) is 7.69. The molecule has 1 saturated heterocycles. The number of hydrogen-bond acceptors (Lipinski definition) is 6. The molecule has 3 heterocycles. The topological polar surface area (TPSA) is 84.2 Å². The van der Waals surface area contributed by atoms with Crippen LogP contribution in [0.5, 0.6) is 0 Å². The lowest BCUT2D eigenvalue weighted by atomic mass is 10.1. The third kappa shape index (κ3) is 2.89. The first-order chi connectivity index (χ1) is 12.7. The molecule has 1 aliphatic heterocycles. The van der Waals surface area contributed by atoms with Gasteiger partial charge in [-0.1, -0.05) is 24.2 Å². The van der Waals surface area contributed by atoms with E-state index in [1.54, 1.807) is 6.92 Å². The summed E-state index contributed by atoms with van der Waals surface area (Å²) in [6.45, 7) is 5.53. The van der Waals surface area contributed by atoms with E-state index in [0.717, 1.165) is 42.8 Å². The van der Waals surface area contributed by atoms with Crippen molar-refractivity contribution in [2.75, 3.05) is 23.3 Å². The molecule has 1 amide bonds. The first-order valence-corrected chi connectivity index (χ1v) is 8.95. The third-order valence-corrected chi connectivity index (χ3v) is 4.69. The minimum atomic E-state index is -0.259. The number of anilines is 2. The second-order valence-corrected chi connectivity index (χ2v) is 6.45. The van der Waals surface area contributed by atoms with Gasteiger partial charge < -0.3 is 14.7 Å². The Morgan fingerprint density at radius 3 is 2.58 bits per heavy atom. The Morgan fingerprint density at radius 2 is 1.88 bits per heavy atom. The molecule has 0 radical (unpaired) electrons. The van der Waals surface area contributed by atoms with E-state index in [0.29, 0.717) is 29.3 Å². The van der Waals surface area contributed by atoms with Crippen molar-refractivity contribution in [3.05, 3.63) is 41.3 Å². The second kappa shape index (κ2) is 6.74. The number of carbonyl (C=O) groups excluding carboxylic acids is 1. The van der Waals surface area contributed by atoms with Gasteiger partial charge in [0.2, 0.25) is 0 Å². The lowest BCUT2D eigenvalue weighted by Crippen LogP contribution is -2.24. The summed E-state index contributed by atoms with van der Waals surface area (Å²) in [5, 5.41) is 6.91. The maximum Gasteiger partial charge on any atom is 0.262 e. The maximum atomic E-state index is 12.9. The number of nitrogens with one attached hydrogen (secondary N) is 1. The van der Waals surface area contributed by atoms with E-state index in [2.05, 4.69) is 20.4 Å². The molecule has 1 fully saturated rings. The molecule has 1 aliphatic rings. The van der Waals surface area contributed by atoms with Crippen LogP contribution in [0.1, 0.15) is 41.6 Å². The molecule has 0 unspecified atom stereocenters. The molecule has 3 aromatic rings. The SMILES string of the molecule is CCc1noc(C)c1C(=O)Nc1nc2ccccc2nc1N1CCCC1. The highest BCUT2D eigenvalue weighted by atomic mass is 16.5. The average molecular weight is 351 g/mol. The van der Waals surface area contributed by atoms with Crippen LogP contribution in [0.4, 0.5) is 11.6 Å². The van der Waals surface area contributed by atoms with Crippen molar-refractivity contribution in [1.82, 2.24) is 15.1 Å². The fourth-order valence-corrected chi connectivity index (χ4v) is 3.34. The van der Waals surface area contributed by atoms with Crippen molar-refractivity contribution in [1.29, 1.82) is 0 Å². The number of benzene rings is 1. The lowest BCUT2D eigenvalue weighted by molar-refractivity contribution is 0.102. The zero-order valence-electron chi connectivity index (χ0n) is 15.0. The van der Waals surface area contributed by atoms with E-state index in [1.807, 2.05) is 31.2 Å². The molecular formula is C19H21N5O2. The third-order valence-electron chi connectivity index (χ3n) is 4.69. The molecule has 7 heteroatoms. The fourth-order valence-electron chi connectivity index (χ4n) is 3.34. The Hall–Kier alpha value is -2.96. The highest BCUT2D eigenvalue weighted by Crippen LogP contribution is 2.28. The number of nitrogens with zero attached hydrogens (tertiary/aromatic N) is 4. The van der Waals surface area contributed by atoms with Crippen molar-refractivity contribution in [2.45, 2.75) is 33.1 Å².